The number of hydrogen-bond acceptors (Lipinski definition) is 7. The summed E-state index contributed by atoms with van der Waals surface area (Å²) in [5.74, 6) is -1.56. The van der Waals surface area contributed by atoms with E-state index in [1.807, 2.05) is 97.6 Å². The SMILES string of the molecule is CC(C)CC(CC(=O)C(Cc1ccccc1)NC(=O)C(N)Cc1ccccc1)C(=O)NC(CCCCN)C(=O)N1C2CC1CN(Cc1ccccc1)C2. The zero-order valence-electron chi connectivity index (χ0n) is 31.4. The van der Waals surface area contributed by atoms with Gasteiger partial charge in [-0.15, -0.1) is 0 Å². The molecule has 3 aliphatic rings. The monoisotopic (exact) mass is 722 g/mol. The minimum absolute atomic E-state index is 0.0489. The van der Waals surface area contributed by atoms with Crippen LogP contribution in [0.5, 0.6) is 0 Å². The van der Waals surface area contributed by atoms with E-state index < -0.39 is 30.0 Å². The number of nitrogens with zero attached hydrogens (tertiary/aromatic N) is 2. The molecule has 3 saturated heterocycles. The largest absolute Gasteiger partial charge is 0.345 e. The number of nitrogens with two attached hydrogens (primary N) is 2. The highest BCUT2D eigenvalue weighted by molar-refractivity contribution is 5.95. The van der Waals surface area contributed by atoms with Crippen LogP contribution < -0.4 is 22.1 Å². The Labute approximate surface area is 315 Å². The van der Waals surface area contributed by atoms with E-state index in [4.69, 9.17) is 11.5 Å². The normalized spacial score (nSPS) is 19.1. The van der Waals surface area contributed by atoms with Gasteiger partial charge in [-0.3, -0.25) is 24.1 Å². The molecule has 2 bridgehead atoms. The molecule has 3 aliphatic heterocycles. The van der Waals surface area contributed by atoms with Gasteiger partial charge in [-0.05, 0) is 74.1 Å². The number of piperidine rings is 1. The van der Waals surface area contributed by atoms with E-state index in [-0.39, 0.29) is 48.4 Å². The van der Waals surface area contributed by atoms with Gasteiger partial charge in [0.15, 0.2) is 5.78 Å². The number of piperazine rings is 1. The Morgan fingerprint density at radius 2 is 1.28 bits per heavy atom. The Balaban J connectivity index is 1.26. The highest BCUT2D eigenvalue weighted by Gasteiger charge is 2.48. The van der Waals surface area contributed by atoms with Crippen LogP contribution in [0, 0.1) is 11.8 Å². The molecule has 3 fully saturated rings. The maximum atomic E-state index is 14.2. The maximum Gasteiger partial charge on any atom is 0.245 e. The Bertz CT molecular complexity index is 1610. The Kier molecular flexibility index (Phi) is 14.7. The summed E-state index contributed by atoms with van der Waals surface area (Å²) in [5.41, 5.74) is 15.2. The number of amides is 3. The first-order chi connectivity index (χ1) is 25.6. The van der Waals surface area contributed by atoms with E-state index in [2.05, 4.69) is 27.7 Å². The van der Waals surface area contributed by atoms with Crippen LogP contribution in [0.4, 0.5) is 0 Å². The molecule has 0 radical (unpaired) electrons. The summed E-state index contributed by atoms with van der Waals surface area (Å²) >= 11 is 0. The zero-order chi connectivity index (χ0) is 37.7. The topological polar surface area (TPSA) is 151 Å². The second kappa shape index (κ2) is 19.6. The standard InChI is InChI=1S/C43H58N6O4/c1-30(2)22-34(25-40(50)39(24-32-16-8-4-9-17-32)47-42(52)37(45)23-31-14-6-3-7-15-31)41(51)46-38(20-12-13-21-44)43(53)49-35-26-36(49)29-48(28-35)27-33-18-10-5-11-19-33/h3-11,14-19,30,34-39H,12-13,20-29,44-45H2,1-2H3,(H,46,51)(H,47,52). The molecule has 6 rings (SSSR count). The first kappa shape index (κ1) is 39.8. The lowest BCUT2D eigenvalue weighted by Gasteiger charge is -2.57. The average Bonchev–Trinajstić information content (AvgIpc) is 3.14. The molecule has 0 aromatic heterocycles. The molecule has 10 heteroatoms. The second-order valence-corrected chi connectivity index (χ2v) is 15.4. The number of ketones is 1. The van der Waals surface area contributed by atoms with Gasteiger partial charge in [0.05, 0.1) is 12.1 Å². The molecule has 0 spiro atoms. The maximum absolute atomic E-state index is 14.2. The van der Waals surface area contributed by atoms with Gasteiger partial charge in [-0.25, -0.2) is 0 Å². The molecular formula is C43H58N6O4. The van der Waals surface area contributed by atoms with Crippen LogP contribution in [-0.2, 0) is 38.6 Å². The van der Waals surface area contributed by atoms with Crippen LogP contribution in [0.3, 0.4) is 0 Å². The third-order valence-corrected chi connectivity index (χ3v) is 10.5. The van der Waals surface area contributed by atoms with Gasteiger partial charge in [-0.1, -0.05) is 105 Å². The van der Waals surface area contributed by atoms with Gasteiger partial charge in [0.25, 0.3) is 0 Å². The van der Waals surface area contributed by atoms with Gasteiger partial charge in [-0.2, -0.15) is 0 Å². The highest BCUT2D eigenvalue weighted by Crippen LogP contribution is 2.34. The minimum Gasteiger partial charge on any atom is -0.345 e. The fraction of sp³-hybridized carbons (Fsp3) is 0.488. The highest BCUT2D eigenvalue weighted by atomic mass is 16.2. The van der Waals surface area contributed by atoms with Crippen molar-refractivity contribution in [1.82, 2.24) is 20.4 Å². The molecular weight excluding hydrogens is 665 g/mol. The van der Waals surface area contributed by atoms with Gasteiger partial charge in [0.2, 0.25) is 17.7 Å². The molecule has 3 heterocycles. The summed E-state index contributed by atoms with van der Waals surface area (Å²) in [6.07, 6.45) is 3.91. The van der Waals surface area contributed by atoms with Crippen LogP contribution in [0.2, 0.25) is 0 Å². The number of carbonyl (C=O) groups is 4. The average molecular weight is 723 g/mol. The fourth-order valence-electron chi connectivity index (χ4n) is 7.82. The van der Waals surface area contributed by atoms with Crippen molar-refractivity contribution in [2.75, 3.05) is 19.6 Å². The third kappa shape index (κ3) is 11.6. The van der Waals surface area contributed by atoms with E-state index in [1.54, 1.807) is 0 Å². The quantitative estimate of drug-likeness (QED) is 0.129. The number of rotatable bonds is 20. The van der Waals surface area contributed by atoms with Gasteiger partial charge >= 0.3 is 0 Å². The molecule has 284 valence electrons. The number of fused-ring (bicyclic) bond motifs is 2. The van der Waals surface area contributed by atoms with E-state index >= 15 is 0 Å². The number of benzene rings is 3. The molecule has 10 nitrogen and oxygen atoms in total. The molecule has 53 heavy (non-hydrogen) atoms. The lowest BCUT2D eigenvalue weighted by atomic mass is 9.85. The number of nitrogens with one attached hydrogen (secondary N) is 2. The van der Waals surface area contributed by atoms with Crippen molar-refractivity contribution in [1.29, 1.82) is 0 Å². The number of Topliss-reactive ketones (excluding diaryl/α,β-unsaturated/α-hetero) is 1. The van der Waals surface area contributed by atoms with Crippen molar-refractivity contribution in [2.24, 2.45) is 23.3 Å². The third-order valence-electron chi connectivity index (χ3n) is 10.5. The van der Waals surface area contributed by atoms with Crippen LogP contribution in [0.25, 0.3) is 0 Å². The van der Waals surface area contributed by atoms with Crippen molar-refractivity contribution in [2.45, 2.75) is 102 Å². The molecule has 3 aromatic rings. The zero-order valence-corrected chi connectivity index (χ0v) is 31.4. The van der Waals surface area contributed by atoms with Crippen LogP contribution >= 0.6 is 0 Å². The van der Waals surface area contributed by atoms with Crippen molar-refractivity contribution in [3.63, 3.8) is 0 Å². The van der Waals surface area contributed by atoms with E-state index in [9.17, 15) is 19.2 Å². The minimum atomic E-state index is -0.865. The summed E-state index contributed by atoms with van der Waals surface area (Å²) in [6.45, 7) is 6.99. The summed E-state index contributed by atoms with van der Waals surface area (Å²) in [6, 6.07) is 27.2. The molecule has 6 N–H and O–H groups in total. The van der Waals surface area contributed by atoms with Gasteiger partial charge in [0.1, 0.15) is 6.04 Å². The summed E-state index contributed by atoms with van der Waals surface area (Å²) in [7, 11) is 0. The summed E-state index contributed by atoms with van der Waals surface area (Å²) in [5, 5.41) is 6.03. The molecule has 0 aliphatic carbocycles. The first-order valence-electron chi connectivity index (χ1n) is 19.4. The Morgan fingerprint density at radius 3 is 1.85 bits per heavy atom. The van der Waals surface area contributed by atoms with E-state index in [0.29, 0.717) is 32.2 Å². The lowest BCUT2D eigenvalue weighted by Crippen LogP contribution is -2.72. The molecule has 6 atom stereocenters. The van der Waals surface area contributed by atoms with E-state index in [0.717, 1.165) is 43.6 Å². The second-order valence-electron chi connectivity index (χ2n) is 15.4. The van der Waals surface area contributed by atoms with Gasteiger partial charge < -0.3 is 27.0 Å². The molecule has 0 saturated carbocycles. The summed E-state index contributed by atoms with van der Waals surface area (Å²) in [4.78, 5) is 60.2. The molecule has 6 unspecified atom stereocenters. The molecule has 3 amide bonds. The van der Waals surface area contributed by atoms with Crippen molar-refractivity contribution in [3.8, 4) is 0 Å². The van der Waals surface area contributed by atoms with Crippen molar-refractivity contribution >= 4 is 23.5 Å². The lowest BCUT2D eigenvalue weighted by molar-refractivity contribution is -0.158. The Hall–Kier alpha value is -4.38. The fourth-order valence-corrected chi connectivity index (χ4v) is 7.82. The van der Waals surface area contributed by atoms with Crippen LogP contribution in [-0.4, -0.2) is 83.1 Å². The predicted molar refractivity (Wildman–Crippen MR) is 208 cm³/mol. The van der Waals surface area contributed by atoms with Crippen LogP contribution in [0.1, 0.15) is 69.1 Å². The van der Waals surface area contributed by atoms with Crippen LogP contribution in [0.15, 0.2) is 91.0 Å². The summed E-state index contributed by atoms with van der Waals surface area (Å²) < 4.78 is 0. The predicted octanol–water partition coefficient (Wildman–Crippen LogP) is 4.00. The molecule has 3 aromatic carbocycles. The number of hydrogen-bond donors (Lipinski definition) is 4. The van der Waals surface area contributed by atoms with Crippen molar-refractivity contribution in [3.05, 3.63) is 108 Å². The first-order valence-corrected chi connectivity index (χ1v) is 19.4. The van der Waals surface area contributed by atoms with Crippen molar-refractivity contribution < 1.29 is 19.2 Å². The number of carbonyl (C=O) groups excluding carboxylic acids is 4. The van der Waals surface area contributed by atoms with Gasteiger partial charge in [0, 0.05) is 44.1 Å². The number of unbranched alkanes of at least 4 members (excludes halogenated alkanes) is 1. The smallest absolute Gasteiger partial charge is 0.245 e. The van der Waals surface area contributed by atoms with E-state index in [1.165, 1.54) is 5.56 Å². The Morgan fingerprint density at radius 1 is 0.736 bits per heavy atom.